The molecule has 1 aliphatic rings. The summed E-state index contributed by atoms with van der Waals surface area (Å²) in [5, 5.41) is 0. The van der Waals surface area contributed by atoms with Crippen LogP contribution in [0.25, 0.3) is 0 Å². The summed E-state index contributed by atoms with van der Waals surface area (Å²) in [6.45, 7) is 8.28. The highest BCUT2D eigenvalue weighted by Gasteiger charge is 2.37. The van der Waals surface area contributed by atoms with Gasteiger partial charge in [-0.3, -0.25) is 4.90 Å². The molecule has 0 aliphatic heterocycles. The highest BCUT2D eigenvalue weighted by Crippen LogP contribution is 2.42. The molecule has 1 aromatic rings. The molecule has 0 unspecified atom stereocenters. The Balaban J connectivity index is 2.36. The zero-order valence-electron chi connectivity index (χ0n) is 11.6. The summed E-state index contributed by atoms with van der Waals surface area (Å²) in [4.78, 5) is 2.61. The summed E-state index contributed by atoms with van der Waals surface area (Å²) in [6.07, 6.45) is 8.71. The van der Waals surface area contributed by atoms with Gasteiger partial charge in [0.05, 0.1) is 0 Å². The Labute approximate surface area is 112 Å². The highest BCUT2D eigenvalue weighted by molar-refractivity contribution is 5.25. The average molecular weight is 243 g/mol. The first kappa shape index (κ1) is 13.4. The van der Waals surface area contributed by atoms with Gasteiger partial charge in [-0.25, -0.2) is 0 Å². The molecule has 0 N–H and O–H groups in total. The monoisotopic (exact) mass is 243 g/mol. The third-order valence-electron chi connectivity index (χ3n) is 4.33. The van der Waals surface area contributed by atoms with Crippen molar-refractivity contribution < 1.29 is 0 Å². The first-order chi connectivity index (χ1) is 8.83. The molecule has 1 saturated carbocycles. The van der Waals surface area contributed by atoms with Gasteiger partial charge in [0.2, 0.25) is 0 Å². The van der Waals surface area contributed by atoms with Gasteiger partial charge in [0, 0.05) is 12.1 Å². The van der Waals surface area contributed by atoms with Gasteiger partial charge in [0.25, 0.3) is 0 Å². The molecule has 1 aliphatic carbocycles. The van der Waals surface area contributed by atoms with Crippen LogP contribution in [0.5, 0.6) is 0 Å². The number of likely N-dealkylation sites (N-methyl/N-ethyl adjacent to an activating group) is 1. The fourth-order valence-corrected chi connectivity index (χ4v) is 3.43. The highest BCUT2D eigenvalue weighted by atomic mass is 15.2. The van der Waals surface area contributed by atoms with Gasteiger partial charge in [-0.2, -0.15) is 0 Å². The summed E-state index contributed by atoms with van der Waals surface area (Å²) < 4.78 is 0. The van der Waals surface area contributed by atoms with E-state index in [-0.39, 0.29) is 5.54 Å². The molecule has 18 heavy (non-hydrogen) atoms. The Morgan fingerprint density at radius 1 is 1.17 bits per heavy atom. The zero-order chi connectivity index (χ0) is 12.8. The van der Waals surface area contributed by atoms with E-state index in [2.05, 4.69) is 48.7 Å². The van der Waals surface area contributed by atoms with E-state index in [9.17, 15) is 0 Å². The minimum absolute atomic E-state index is 0.252. The van der Waals surface area contributed by atoms with E-state index in [0.717, 1.165) is 13.1 Å². The van der Waals surface area contributed by atoms with E-state index in [1.165, 1.54) is 37.7 Å². The fraction of sp³-hybridized carbons (Fsp3) is 0.529. The molecule has 0 amide bonds. The molecule has 0 spiro atoms. The van der Waals surface area contributed by atoms with Crippen LogP contribution in [0.15, 0.2) is 43.0 Å². The van der Waals surface area contributed by atoms with Crippen LogP contribution in [0.1, 0.15) is 44.6 Å². The van der Waals surface area contributed by atoms with Gasteiger partial charge >= 0.3 is 0 Å². The molecule has 0 saturated heterocycles. The predicted molar refractivity (Wildman–Crippen MR) is 78.6 cm³/mol. The van der Waals surface area contributed by atoms with Crippen molar-refractivity contribution in [3.05, 3.63) is 48.6 Å². The lowest BCUT2D eigenvalue weighted by Gasteiger charge is -2.46. The molecule has 1 heteroatoms. The number of rotatable bonds is 5. The van der Waals surface area contributed by atoms with Gasteiger partial charge < -0.3 is 0 Å². The topological polar surface area (TPSA) is 3.24 Å². The molecule has 0 atom stereocenters. The molecule has 2 rings (SSSR count). The number of hydrogen-bond donors (Lipinski definition) is 0. The van der Waals surface area contributed by atoms with Crippen molar-refractivity contribution in [1.82, 2.24) is 4.90 Å². The number of benzene rings is 1. The molecule has 1 aromatic carbocycles. The molecule has 0 aromatic heterocycles. The van der Waals surface area contributed by atoms with Crippen LogP contribution in [0.3, 0.4) is 0 Å². The van der Waals surface area contributed by atoms with Crippen molar-refractivity contribution in [2.45, 2.75) is 44.6 Å². The standard InChI is InChI=1S/C17H25N/c1-3-15-18(4-2)17(13-9-6-10-14-17)16-11-7-5-8-12-16/h3,5,7-8,11-12H,1,4,6,9-10,13-15H2,2H3. The maximum atomic E-state index is 3.93. The normalized spacial score (nSPS) is 18.8. The SMILES string of the molecule is C=CCN(CC)C1(c2ccccc2)CCCCC1. The zero-order valence-corrected chi connectivity index (χ0v) is 11.6. The Morgan fingerprint density at radius 3 is 2.39 bits per heavy atom. The smallest absolute Gasteiger partial charge is 0.0463 e. The molecule has 1 nitrogen and oxygen atoms in total. The molecule has 98 valence electrons. The third-order valence-corrected chi connectivity index (χ3v) is 4.33. The lowest BCUT2D eigenvalue weighted by atomic mass is 9.75. The molecule has 0 bridgehead atoms. The second-order valence-electron chi connectivity index (χ2n) is 5.29. The van der Waals surface area contributed by atoms with Crippen molar-refractivity contribution in [2.24, 2.45) is 0 Å². The predicted octanol–water partition coefficient (Wildman–Crippen LogP) is 4.35. The Bertz CT molecular complexity index is 362. The Kier molecular flexibility index (Phi) is 4.60. The minimum Gasteiger partial charge on any atom is -0.290 e. The summed E-state index contributed by atoms with van der Waals surface area (Å²) in [5.41, 5.74) is 1.75. The van der Waals surface area contributed by atoms with Crippen molar-refractivity contribution in [3.8, 4) is 0 Å². The minimum atomic E-state index is 0.252. The van der Waals surface area contributed by atoms with Crippen LogP contribution < -0.4 is 0 Å². The molecular formula is C17H25N. The maximum Gasteiger partial charge on any atom is 0.0463 e. The van der Waals surface area contributed by atoms with Crippen molar-refractivity contribution in [1.29, 1.82) is 0 Å². The van der Waals surface area contributed by atoms with E-state index in [1.54, 1.807) is 0 Å². The van der Waals surface area contributed by atoms with E-state index in [4.69, 9.17) is 0 Å². The lowest BCUT2D eigenvalue weighted by molar-refractivity contribution is 0.0630. The Morgan fingerprint density at radius 2 is 1.83 bits per heavy atom. The van der Waals surface area contributed by atoms with E-state index < -0.39 is 0 Å². The fourth-order valence-electron chi connectivity index (χ4n) is 3.43. The first-order valence-corrected chi connectivity index (χ1v) is 7.25. The Hall–Kier alpha value is -1.08. The van der Waals surface area contributed by atoms with E-state index in [0.29, 0.717) is 0 Å². The van der Waals surface area contributed by atoms with Gasteiger partial charge in [0.1, 0.15) is 0 Å². The lowest BCUT2D eigenvalue weighted by Crippen LogP contribution is -2.47. The summed E-state index contributed by atoms with van der Waals surface area (Å²) in [5.74, 6) is 0. The van der Waals surface area contributed by atoms with Gasteiger partial charge in [-0.1, -0.05) is 62.6 Å². The van der Waals surface area contributed by atoms with Crippen LogP contribution >= 0.6 is 0 Å². The van der Waals surface area contributed by atoms with Crippen LogP contribution in [-0.2, 0) is 5.54 Å². The maximum absolute atomic E-state index is 3.93. The van der Waals surface area contributed by atoms with Gasteiger partial charge in [-0.15, -0.1) is 6.58 Å². The van der Waals surface area contributed by atoms with Crippen molar-refractivity contribution in [3.63, 3.8) is 0 Å². The van der Waals surface area contributed by atoms with E-state index in [1.807, 2.05) is 6.08 Å². The molecule has 0 heterocycles. The van der Waals surface area contributed by atoms with Crippen molar-refractivity contribution in [2.75, 3.05) is 13.1 Å². The second kappa shape index (κ2) is 6.19. The van der Waals surface area contributed by atoms with E-state index >= 15 is 0 Å². The summed E-state index contributed by atoms with van der Waals surface area (Å²) >= 11 is 0. The second-order valence-corrected chi connectivity index (χ2v) is 5.29. The van der Waals surface area contributed by atoms with Gasteiger partial charge in [0.15, 0.2) is 0 Å². The van der Waals surface area contributed by atoms with Gasteiger partial charge in [-0.05, 0) is 24.9 Å². The molecule has 0 radical (unpaired) electrons. The number of hydrogen-bond acceptors (Lipinski definition) is 1. The van der Waals surface area contributed by atoms with Crippen LogP contribution in [-0.4, -0.2) is 18.0 Å². The van der Waals surface area contributed by atoms with Crippen LogP contribution in [0.2, 0.25) is 0 Å². The largest absolute Gasteiger partial charge is 0.290 e. The summed E-state index contributed by atoms with van der Waals surface area (Å²) in [6, 6.07) is 11.1. The molecular weight excluding hydrogens is 218 g/mol. The number of nitrogens with zero attached hydrogens (tertiary/aromatic N) is 1. The quantitative estimate of drug-likeness (QED) is 0.695. The molecule has 1 fully saturated rings. The van der Waals surface area contributed by atoms with Crippen LogP contribution in [0.4, 0.5) is 0 Å². The third kappa shape index (κ3) is 2.51. The van der Waals surface area contributed by atoms with Crippen molar-refractivity contribution >= 4 is 0 Å². The van der Waals surface area contributed by atoms with Crippen LogP contribution in [0, 0.1) is 0 Å². The average Bonchev–Trinajstić information content (AvgIpc) is 2.46. The first-order valence-electron chi connectivity index (χ1n) is 7.25. The summed E-state index contributed by atoms with van der Waals surface area (Å²) in [7, 11) is 0.